The average molecular weight is 346 g/mol. The molecule has 2 aliphatic rings. The maximum absolute atomic E-state index is 12.3. The number of nitrogens with one attached hydrogen (secondary N) is 1. The molecule has 0 bridgehead atoms. The van der Waals surface area contributed by atoms with Crippen molar-refractivity contribution >= 4 is 12.0 Å². The summed E-state index contributed by atoms with van der Waals surface area (Å²) in [5.74, 6) is -0.145. The topological polar surface area (TPSA) is 70.4 Å². The second-order valence-corrected chi connectivity index (χ2v) is 7.39. The van der Waals surface area contributed by atoms with Gasteiger partial charge in [0.2, 0.25) is 5.91 Å². The first-order valence-electron chi connectivity index (χ1n) is 9.38. The van der Waals surface area contributed by atoms with Gasteiger partial charge in [0, 0.05) is 30.4 Å². The van der Waals surface area contributed by atoms with Gasteiger partial charge in [-0.25, -0.2) is 0 Å². The smallest absolute Gasteiger partial charge is 0.244 e. The van der Waals surface area contributed by atoms with Crippen molar-refractivity contribution < 1.29 is 9.90 Å². The molecule has 3 rings (SSSR count). The molecular formula is C19H30N4O2. The molecule has 2 fully saturated rings. The third kappa shape index (κ3) is 3.96. The van der Waals surface area contributed by atoms with Crippen LogP contribution in [0.1, 0.15) is 49.1 Å². The number of aromatic nitrogens is 2. The second-order valence-electron chi connectivity index (χ2n) is 7.39. The first-order valence-corrected chi connectivity index (χ1v) is 9.38. The van der Waals surface area contributed by atoms with Crippen LogP contribution in [-0.4, -0.2) is 57.0 Å². The molecule has 6 nitrogen and oxygen atoms in total. The highest BCUT2D eigenvalue weighted by atomic mass is 16.3. The molecule has 0 unspecified atom stereocenters. The van der Waals surface area contributed by atoms with E-state index in [0.29, 0.717) is 0 Å². The highest BCUT2D eigenvalue weighted by molar-refractivity contribution is 5.92. The molecular weight excluding hydrogens is 316 g/mol. The summed E-state index contributed by atoms with van der Waals surface area (Å²) in [5.41, 5.74) is 2.93. The summed E-state index contributed by atoms with van der Waals surface area (Å²) in [7, 11) is 1.90. The molecule has 1 saturated heterocycles. The predicted octanol–water partition coefficient (Wildman–Crippen LogP) is 1.54. The molecule has 0 aromatic carbocycles. The van der Waals surface area contributed by atoms with Crippen LogP contribution in [0.3, 0.4) is 0 Å². The van der Waals surface area contributed by atoms with E-state index in [-0.39, 0.29) is 18.0 Å². The highest BCUT2D eigenvalue weighted by Crippen LogP contribution is 2.26. The standard InChI is InChI=1S/C19H30N4O2/c1-13-15(14(2)22(3)21-13)9-10-18(24)20-16-7-6-8-17(19(16)25)23-11-4-5-12-23/h9-10,16-17,19,25H,4-8,11-12H2,1-3H3,(H,20,24)/b10-9+/t16-,17-,19-/m1/s1. The van der Waals surface area contributed by atoms with Crippen molar-refractivity contribution in [3.63, 3.8) is 0 Å². The third-order valence-electron chi connectivity index (χ3n) is 5.73. The van der Waals surface area contributed by atoms with Crippen LogP contribution < -0.4 is 5.32 Å². The Morgan fingerprint density at radius 3 is 2.60 bits per heavy atom. The zero-order valence-corrected chi connectivity index (χ0v) is 15.5. The van der Waals surface area contributed by atoms with E-state index in [2.05, 4.69) is 15.3 Å². The number of aryl methyl sites for hydroxylation is 2. The minimum absolute atomic E-state index is 0.145. The van der Waals surface area contributed by atoms with Crippen molar-refractivity contribution in [2.45, 2.75) is 64.1 Å². The molecule has 1 saturated carbocycles. The number of rotatable bonds is 4. The second kappa shape index (κ2) is 7.70. The number of amides is 1. The van der Waals surface area contributed by atoms with E-state index in [4.69, 9.17) is 0 Å². The maximum atomic E-state index is 12.3. The SMILES string of the molecule is Cc1nn(C)c(C)c1/C=C/C(=O)N[C@@H]1CCC[C@@H](N2CCCC2)[C@@H]1O. The van der Waals surface area contributed by atoms with E-state index in [1.807, 2.05) is 31.7 Å². The lowest BCUT2D eigenvalue weighted by Gasteiger charge is -2.39. The van der Waals surface area contributed by atoms with Crippen molar-refractivity contribution in [2.24, 2.45) is 7.05 Å². The molecule has 6 heteroatoms. The molecule has 1 aliphatic heterocycles. The van der Waals surface area contributed by atoms with Crippen molar-refractivity contribution in [2.75, 3.05) is 13.1 Å². The van der Waals surface area contributed by atoms with Crippen molar-refractivity contribution in [3.05, 3.63) is 23.0 Å². The zero-order valence-electron chi connectivity index (χ0n) is 15.5. The number of aliphatic hydroxyl groups excluding tert-OH is 1. The fraction of sp³-hybridized carbons (Fsp3) is 0.684. The van der Waals surface area contributed by atoms with Gasteiger partial charge in [-0.05, 0) is 65.1 Å². The molecule has 25 heavy (non-hydrogen) atoms. The maximum Gasteiger partial charge on any atom is 0.244 e. The Bertz CT molecular complexity index is 646. The number of aliphatic hydroxyl groups is 1. The Morgan fingerprint density at radius 1 is 1.24 bits per heavy atom. The van der Waals surface area contributed by atoms with E-state index >= 15 is 0 Å². The van der Waals surface area contributed by atoms with Crippen LogP contribution in [0.15, 0.2) is 6.08 Å². The van der Waals surface area contributed by atoms with Crippen LogP contribution in [0.4, 0.5) is 0 Å². The number of carbonyl (C=O) groups excluding carboxylic acids is 1. The summed E-state index contributed by atoms with van der Waals surface area (Å²) < 4.78 is 1.82. The van der Waals surface area contributed by atoms with Crippen LogP contribution in [0.2, 0.25) is 0 Å². The fourth-order valence-corrected chi connectivity index (χ4v) is 4.21. The number of carbonyl (C=O) groups is 1. The molecule has 0 spiro atoms. The van der Waals surface area contributed by atoms with E-state index in [0.717, 1.165) is 49.3 Å². The average Bonchev–Trinajstić information content (AvgIpc) is 3.18. The third-order valence-corrected chi connectivity index (χ3v) is 5.73. The molecule has 2 N–H and O–H groups in total. The molecule has 1 aromatic rings. The summed E-state index contributed by atoms with van der Waals surface area (Å²) >= 11 is 0. The summed E-state index contributed by atoms with van der Waals surface area (Å²) in [6.07, 6.45) is 8.25. The Hall–Kier alpha value is -1.66. The van der Waals surface area contributed by atoms with Crippen molar-refractivity contribution in [1.82, 2.24) is 20.0 Å². The normalized spacial score (nSPS) is 27.9. The predicted molar refractivity (Wildman–Crippen MR) is 98.1 cm³/mol. The lowest BCUT2D eigenvalue weighted by atomic mass is 9.87. The quantitative estimate of drug-likeness (QED) is 0.812. The summed E-state index contributed by atoms with van der Waals surface area (Å²) in [4.78, 5) is 14.7. The van der Waals surface area contributed by atoms with E-state index < -0.39 is 6.10 Å². The first kappa shape index (κ1) is 18.1. The first-order chi connectivity index (χ1) is 12.0. The monoisotopic (exact) mass is 346 g/mol. The highest BCUT2D eigenvalue weighted by Gasteiger charge is 2.36. The molecule has 1 aromatic heterocycles. The van der Waals surface area contributed by atoms with Gasteiger partial charge >= 0.3 is 0 Å². The number of hydrogen-bond donors (Lipinski definition) is 2. The van der Waals surface area contributed by atoms with E-state index in [9.17, 15) is 9.90 Å². The molecule has 3 atom stereocenters. The minimum atomic E-state index is -0.480. The van der Waals surface area contributed by atoms with Gasteiger partial charge in [0.15, 0.2) is 0 Å². The Labute approximate surface area is 149 Å². The van der Waals surface area contributed by atoms with Crippen LogP contribution in [0.25, 0.3) is 6.08 Å². The molecule has 2 heterocycles. The minimum Gasteiger partial charge on any atom is -0.389 e. The van der Waals surface area contributed by atoms with Gasteiger partial charge in [0.25, 0.3) is 0 Å². The van der Waals surface area contributed by atoms with Crippen LogP contribution in [0.5, 0.6) is 0 Å². The number of nitrogens with zero attached hydrogens (tertiary/aromatic N) is 3. The summed E-state index contributed by atoms with van der Waals surface area (Å²) in [6.45, 7) is 6.07. The zero-order chi connectivity index (χ0) is 18.0. The lowest BCUT2D eigenvalue weighted by molar-refractivity contribution is -0.119. The largest absolute Gasteiger partial charge is 0.389 e. The van der Waals surface area contributed by atoms with E-state index in [1.165, 1.54) is 12.8 Å². The Morgan fingerprint density at radius 2 is 1.96 bits per heavy atom. The van der Waals surface area contributed by atoms with Crippen molar-refractivity contribution in [1.29, 1.82) is 0 Å². The summed E-state index contributed by atoms with van der Waals surface area (Å²) in [5, 5.41) is 18.1. The van der Waals surface area contributed by atoms with Gasteiger partial charge in [-0.3, -0.25) is 14.4 Å². The Kier molecular flexibility index (Phi) is 5.59. The van der Waals surface area contributed by atoms with Crippen LogP contribution in [-0.2, 0) is 11.8 Å². The van der Waals surface area contributed by atoms with Gasteiger partial charge in [-0.2, -0.15) is 5.10 Å². The van der Waals surface area contributed by atoms with Crippen LogP contribution in [0, 0.1) is 13.8 Å². The lowest BCUT2D eigenvalue weighted by Crippen LogP contribution is -2.55. The molecule has 1 aliphatic carbocycles. The fourth-order valence-electron chi connectivity index (χ4n) is 4.21. The van der Waals surface area contributed by atoms with Gasteiger partial charge < -0.3 is 10.4 Å². The van der Waals surface area contributed by atoms with Gasteiger partial charge in [-0.15, -0.1) is 0 Å². The number of likely N-dealkylation sites (tertiary alicyclic amines) is 1. The summed E-state index contributed by atoms with van der Waals surface area (Å²) in [6, 6.07) is 0.0286. The Balaban J connectivity index is 1.61. The molecule has 0 radical (unpaired) electrons. The van der Waals surface area contributed by atoms with Crippen molar-refractivity contribution in [3.8, 4) is 0 Å². The van der Waals surface area contributed by atoms with Gasteiger partial charge in [0.1, 0.15) is 0 Å². The van der Waals surface area contributed by atoms with E-state index in [1.54, 1.807) is 6.08 Å². The van der Waals surface area contributed by atoms with Crippen LogP contribution >= 0.6 is 0 Å². The van der Waals surface area contributed by atoms with Gasteiger partial charge in [0.05, 0.1) is 17.8 Å². The van der Waals surface area contributed by atoms with Gasteiger partial charge in [-0.1, -0.05) is 0 Å². The number of hydrogen-bond acceptors (Lipinski definition) is 4. The molecule has 1 amide bonds. The molecule has 138 valence electrons.